The van der Waals surface area contributed by atoms with Crippen molar-refractivity contribution >= 4 is 38.2 Å². The maximum atomic E-state index is 12.8. The van der Waals surface area contributed by atoms with Crippen LogP contribution in [0, 0.1) is 0 Å². The van der Waals surface area contributed by atoms with E-state index in [2.05, 4.69) is 4.98 Å². The van der Waals surface area contributed by atoms with Gasteiger partial charge in [-0.2, -0.15) is 0 Å². The number of carbonyl (C=O) groups is 1. The lowest BCUT2D eigenvalue weighted by Gasteiger charge is -2.16. The summed E-state index contributed by atoms with van der Waals surface area (Å²) in [4.78, 5) is 17.7. The van der Waals surface area contributed by atoms with E-state index < -0.39 is 15.1 Å². The van der Waals surface area contributed by atoms with E-state index in [4.69, 9.17) is 11.6 Å². The highest BCUT2D eigenvalue weighted by atomic mass is 35.5. The molecule has 3 aromatic rings. The third-order valence-electron chi connectivity index (χ3n) is 4.77. The molecule has 134 valence electrons. The summed E-state index contributed by atoms with van der Waals surface area (Å²) in [5, 5.41) is 0.850. The molecular weight excluding hydrogens is 372 g/mol. The Morgan fingerprint density at radius 1 is 1.12 bits per heavy atom. The number of aromatic amines is 1. The van der Waals surface area contributed by atoms with Crippen molar-refractivity contribution in [2.24, 2.45) is 0 Å². The van der Waals surface area contributed by atoms with Crippen LogP contribution in [0.5, 0.6) is 0 Å². The van der Waals surface area contributed by atoms with Gasteiger partial charge in [-0.05, 0) is 42.8 Å². The zero-order valence-electron chi connectivity index (χ0n) is 13.9. The minimum absolute atomic E-state index is 0.171. The smallest absolute Gasteiger partial charge is 0.270 e. The van der Waals surface area contributed by atoms with Crippen LogP contribution in [-0.4, -0.2) is 42.5 Å². The van der Waals surface area contributed by atoms with Crippen LogP contribution in [0.3, 0.4) is 0 Å². The van der Waals surface area contributed by atoms with Crippen LogP contribution >= 0.6 is 11.6 Å². The number of nitrogens with one attached hydrogen (secondary N) is 1. The van der Waals surface area contributed by atoms with E-state index >= 15 is 0 Å². The van der Waals surface area contributed by atoms with Crippen LogP contribution in [0.4, 0.5) is 0 Å². The standard InChI is InChI=1S/C19H17ClN2O3S/c20-14-5-7-15(8-6-14)26(24,25)16-9-10-22(12-16)19(23)18-11-13-3-1-2-4-17(13)21-18/h1-8,11,16,21H,9-10,12H2/t16-/m0/s1. The number of hydrogen-bond acceptors (Lipinski definition) is 3. The summed E-state index contributed by atoms with van der Waals surface area (Å²) in [6.45, 7) is 0.616. The average Bonchev–Trinajstić information content (AvgIpc) is 3.29. The second-order valence-corrected chi connectivity index (χ2v) is 9.10. The Morgan fingerprint density at radius 2 is 1.85 bits per heavy atom. The highest BCUT2D eigenvalue weighted by molar-refractivity contribution is 7.92. The average molecular weight is 389 g/mol. The Hall–Kier alpha value is -2.31. The van der Waals surface area contributed by atoms with E-state index in [0.29, 0.717) is 23.7 Å². The number of para-hydroxylation sites is 1. The first-order chi connectivity index (χ1) is 12.4. The first-order valence-electron chi connectivity index (χ1n) is 8.31. The van der Waals surface area contributed by atoms with Gasteiger partial charge in [0.2, 0.25) is 0 Å². The fraction of sp³-hybridized carbons (Fsp3) is 0.211. The number of sulfone groups is 1. The van der Waals surface area contributed by atoms with Gasteiger partial charge in [0.05, 0.1) is 10.1 Å². The molecule has 26 heavy (non-hydrogen) atoms. The Bertz CT molecular complexity index is 1040. The number of carbonyl (C=O) groups excluding carboxylic acids is 1. The molecule has 1 N–H and O–H groups in total. The van der Waals surface area contributed by atoms with E-state index in [-0.39, 0.29) is 17.3 Å². The van der Waals surface area contributed by atoms with Crippen molar-refractivity contribution in [3.05, 3.63) is 65.3 Å². The molecular formula is C19H17ClN2O3S. The van der Waals surface area contributed by atoms with Crippen LogP contribution in [0.15, 0.2) is 59.5 Å². The van der Waals surface area contributed by atoms with Crippen LogP contribution in [-0.2, 0) is 9.84 Å². The monoisotopic (exact) mass is 388 g/mol. The van der Waals surface area contributed by atoms with E-state index in [1.54, 1.807) is 23.1 Å². The molecule has 2 aromatic carbocycles. The van der Waals surface area contributed by atoms with Gasteiger partial charge in [0.25, 0.3) is 5.91 Å². The van der Waals surface area contributed by atoms with E-state index in [1.165, 1.54) is 12.1 Å². The van der Waals surface area contributed by atoms with Crippen molar-refractivity contribution in [3.8, 4) is 0 Å². The molecule has 1 atom stereocenters. The Morgan fingerprint density at radius 3 is 2.58 bits per heavy atom. The van der Waals surface area contributed by atoms with Crippen LogP contribution in [0.1, 0.15) is 16.9 Å². The predicted octanol–water partition coefficient (Wildman–Crippen LogP) is 3.51. The summed E-state index contributed by atoms with van der Waals surface area (Å²) in [5.41, 5.74) is 1.37. The number of fused-ring (bicyclic) bond motifs is 1. The minimum Gasteiger partial charge on any atom is -0.351 e. The predicted molar refractivity (Wildman–Crippen MR) is 101 cm³/mol. The number of aromatic nitrogens is 1. The quantitative estimate of drug-likeness (QED) is 0.746. The maximum absolute atomic E-state index is 12.8. The molecule has 0 saturated carbocycles. The molecule has 1 saturated heterocycles. The zero-order chi connectivity index (χ0) is 18.3. The maximum Gasteiger partial charge on any atom is 0.270 e. The summed E-state index contributed by atoms with van der Waals surface area (Å²) in [6, 6.07) is 15.6. The molecule has 0 spiro atoms. The lowest BCUT2D eigenvalue weighted by molar-refractivity contribution is 0.0788. The SMILES string of the molecule is O=C(c1cc2ccccc2[nH]1)N1CC[C@H](S(=O)(=O)c2ccc(Cl)cc2)C1. The fourth-order valence-electron chi connectivity index (χ4n) is 3.34. The second kappa shape index (κ2) is 6.45. The van der Waals surface area contributed by atoms with Crippen molar-refractivity contribution in [1.82, 2.24) is 9.88 Å². The largest absolute Gasteiger partial charge is 0.351 e. The van der Waals surface area contributed by atoms with Crippen molar-refractivity contribution in [2.75, 3.05) is 13.1 Å². The molecule has 5 nitrogen and oxygen atoms in total. The first kappa shape index (κ1) is 17.1. The number of likely N-dealkylation sites (tertiary alicyclic amines) is 1. The van der Waals surface area contributed by atoms with Gasteiger partial charge in [-0.3, -0.25) is 4.79 Å². The molecule has 4 rings (SSSR count). The molecule has 0 unspecified atom stereocenters. The third kappa shape index (κ3) is 2.99. The van der Waals surface area contributed by atoms with Crippen LogP contribution in [0.25, 0.3) is 10.9 Å². The number of nitrogens with zero attached hydrogens (tertiary/aromatic N) is 1. The number of hydrogen-bond donors (Lipinski definition) is 1. The summed E-state index contributed by atoms with van der Waals surface area (Å²) in [5.74, 6) is -0.171. The molecule has 1 amide bonds. The number of benzene rings is 2. The molecule has 1 aromatic heterocycles. The summed E-state index contributed by atoms with van der Waals surface area (Å²) >= 11 is 5.84. The molecule has 2 heterocycles. The lowest BCUT2D eigenvalue weighted by Crippen LogP contribution is -2.32. The van der Waals surface area contributed by atoms with E-state index in [1.807, 2.05) is 24.3 Å². The zero-order valence-corrected chi connectivity index (χ0v) is 15.4. The van der Waals surface area contributed by atoms with E-state index in [9.17, 15) is 13.2 Å². The van der Waals surface area contributed by atoms with Gasteiger partial charge in [0.15, 0.2) is 9.84 Å². The molecule has 1 aliphatic rings. The molecule has 0 aliphatic carbocycles. The number of H-pyrrole nitrogens is 1. The summed E-state index contributed by atoms with van der Waals surface area (Å²) in [7, 11) is -3.49. The van der Waals surface area contributed by atoms with Crippen molar-refractivity contribution < 1.29 is 13.2 Å². The number of rotatable bonds is 3. The normalized spacial score (nSPS) is 17.7. The van der Waals surface area contributed by atoms with Crippen LogP contribution < -0.4 is 0 Å². The highest BCUT2D eigenvalue weighted by Gasteiger charge is 2.36. The molecule has 0 bridgehead atoms. The number of amides is 1. The number of halogens is 1. The molecule has 1 fully saturated rings. The Balaban J connectivity index is 1.54. The van der Waals surface area contributed by atoms with E-state index in [0.717, 1.165) is 10.9 Å². The lowest BCUT2D eigenvalue weighted by atomic mass is 10.2. The summed E-state index contributed by atoms with van der Waals surface area (Å²) < 4.78 is 25.6. The molecule has 0 radical (unpaired) electrons. The van der Waals surface area contributed by atoms with Crippen molar-refractivity contribution in [1.29, 1.82) is 0 Å². The van der Waals surface area contributed by atoms with Gasteiger partial charge in [-0.1, -0.05) is 29.8 Å². The third-order valence-corrected chi connectivity index (χ3v) is 7.22. The minimum atomic E-state index is -3.49. The van der Waals surface area contributed by atoms with Gasteiger partial charge in [-0.15, -0.1) is 0 Å². The first-order valence-corrected chi connectivity index (χ1v) is 10.2. The topological polar surface area (TPSA) is 70.2 Å². The van der Waals surface area contributed by atoms with Gasteiger partial charge < -0.3 is 9.88 Å². The molecule has 1 aliphatic heterocycles. The van der Waals surface area contributed by atoms with Crippen molar-refractivity contribution in [3.63, 3.8) is 0 Å². The van der Waals surface area contributed by atoms with Gasteiger partial charge in [0, 0.05) is 29.0 Å². The fourth-order valence-corrected chi connectivity index (χ4v) is 5.16. The Kier molecular flexibility index (Phi) is 4.25. The summed E-state index contributed by atoms with van der Waals surface area (Å²) in [6.07, 6.45) is 0.428. The van der Waals surface area contributed by atoms with Gasteiger partial charge in [-0.25, -0.2) is 8.42 Å². The van der Waals surface area contributed by atoms with Crippen molar-refractivity contribution in [2.45, 2.75) is 16.6 Å². The Labute approximate surface area is 156 Å². The van der Waals surface area contributed by atoms with Gasteiger partial charge in [0.1, 0.15) is 5.69 Å². The highest BCUT2D eigenvalue weighted by Crippen LogP contribution is 2.26. The van der Waals surface area contributed by atoms with Crippen LogP contribution in [0.2, 0.25) is 5.02 Å². The molecule has 7 heteroatoms. The second-order valence-electron chi connectivity index (χ2n) is 6.43. The van der Waals surface area contributed by atoms with Gasteiger partial charge >= 0.3 is 0 Å².